The molecule has 0 aromatic carbocycles. The molecule has 9 nitrogen and oxygen atoms in total. The molecule has 3 atom stereocenters. The zero-order valence-corrected chi connectivity index (χ0v) is 35.0. The van der Waals surface area contributed by atoms with Crippen LogP contribution in [0, 0.1) is 0 Å². The molecule has 0 spiro atoms. The highest BCUT2D eigenvalue weighted by atomic mass is 31.2. The number of carbonyl (C=O) groups excluding carboxylic acids is 1. The smallest absolute Gasteiger partial charge is 0.457 e. The molecule has 0 aromatic rings. The van der Waals surface area contributed by atoms with Crippen molar-refractivity contribution in [2.24, 2.45) is 0 Å². The number of hydrogen-bond acceptors (Lipinski definition) is 8. The third-order valence-electron chi connectivity index (χ3n) is 9.79. The van der Waals surface area contributed by atoms with Crippen molar-refractivity contribution < 1.29 is 43.0 Å². The zero-order chi connectivity index (χ0) is 38.2. The third-order valence-corrected chi connectivity index (χ3v) is 10.7. The normalized spacial score (nSPS) is 14.0. The van der Waals surface area contributed by atoms with Crippen molar-refractivity contribution in [2.75, 3.05) is 33.0 Å². The van der Waals surface area contributed by atoms with E-state index in [-0.39, 0.29) is 25.6 Å². The summed E-state index contributed by atoms with van der Waals surface area (Å²) in [7, 11) is -4.51. The van der Waals surface area contributed by atoms with E-state index in [1.807, 2.05) is 0 Å². The Hall–Kier alpha value is -0.540. The second-order valence-corrected chi connectivity index (χ2v) is 16.5. The largest absolute Gasteiger partial charge is 0.472 e. The summed E-state index contributed by atoms with van der Waals surface area (Å²) in [4.78, 5) is 22.6. The van der Waals surface area contributed by atoms with Crippen LogP contribution >= 0.6 is 7.82 Å². The second-order valence-electron chi connectivity index (χ2n) is 15.1. The summed E-state index contributed by atoms with van der Waals surface area (Å²) in [5.74, 6) is -0.376. The van der Waals surface area contributed by atoms with Crippen molar-refractivity contribution in [2.45, 2.75) is 232 Å². The summed E-state index contributed by atoms with van der Waals surface area (Å²) in [6.07, 6.45) is 37.7. The topological polar surface area (TPSA) is 132 Å². The van der Waals surface area contributed by atoms with E-state index in [1.54, 1.807) is 0 Å². The number of unbranched alkanes of at least 4 members (excludes halogenated alkanes) is 29. The van der Waals surface area contributed by atoms with Gasteiger partial charge in [0.2, 0.25) is 0 Å². The van der Waals surface area contributed by atoms with Crippen LogP contribution in [0.3, 0.4) is 0 Å². The zero-order valence-electron chi connectivity index (χ0n) is 34.1. The molecule has 0 saturated heterocycles. The van der Waals surface area contributed by atoms with E-state index >= 15 is 0 Å². The number of carbonyl (C=O) groups is 1. The van der Waals surface area contributed by atoms with Crippen LogP contribution in [-0.2, 0) is 27.9 Å². The van der Waals surface area contributed by atoms with E-state index in [4.69, 9.17) is 23.6 Å². The summed E-state index contributed by atoms with van der Waals surface area (Å²) >= 11 is 0. The predicted molar refractivity (Wildman–Crippen MR) is 215 cm³/mol. The minimum atomic E-state index is -4.51. The molecule has 312 valence electrons. The van der Waals surface area contributed by atoms with Gasteiger partial charge < -0.3 is 24.6 Å². The Morgan fingerprint density at radius 2 is 0.865 bits per heavy atom. The molecule has 0 rings (SSSR count). The van der Waals surface area contributed by atoms with Crippen LogP contribution in [0.1, 0.15) is 219 Å². The molecule has 0 saturated carbocycles. The molecule has 0 aliphatic carbocycles. The molecule has 52 heavy (non-hydrogen) atoms. The van der Waals surface area contributed by atoms with Crippen molar-refractivity contribution in [3.8, 4) is 0 Å². The van der Waals surface area contributed by atoms with Gasteiger partial charge in [-0.2, -0.15) is 0 Å². The summed E-state index contributed by atoms with van der Waals surface area (Å²) in [5, 5.41) is 18.3. The quantitative estimate of drug-likeness (QED) is 0.0315. The van der Waals surface area contributed by atoms with E-state index in [0.29, 0.717) is 6.61 Å². The lowest BCUT2D eigenvalue weighted by Gasteiger charge is -2.20. The van der Waals surface area contributed by atoms with Crippen molar-refractivity contribution >= 4 is 13.8 Å². The molecule has 0 fully saturated rings. The van der Waals surface area contributed by atoms with Crippen LogP contribution in [-0.4, -0.2) is 66.3 Å². The minimum absolute atomic E-state index is 0.0579. The Balaban J connectivity index is 4.09. The van der Waals surface area contributed by atoms with Crippen molar-refractivity contribution in [1.29, 1.82) is 0 Å². The Kier molecular flexibility index (Phi) is 39.7. The molecule has 0 aliphatic heterocycles. The number of hydrogen-bond donors (Lipinski definition) is 3. The van der Waals surface area contributed by atoms with Gasteiger partial charge in [0, 0.05) is 13.0 Å². The van der Waals surface area contributed by atoms with E-state index in [9.17, 15) is 19.4 Å². The van der Waals surface area contributed by atoms with Crippen molar-refractivity contribution in [3.63, 3.8) is 0 Å². The van der Waals surface area contributed by atoms with Crippen molar-refractivity contribution in [3.05, 3.63) is 0 Å². The lowest BCUT2D eigenvalue weighted by molar-refractivity contribution is -0.154. The molecule has 10 heteroatoms. The van der Waals surface area contributed by atoms with Gasteiger partial charge in [-0.15, -0.1) is 0 Å². The maximum Gasteiger partial charge on any atom is 0.472 e. The fourth-order valence-electron chi connectivity index (χ4n) is 6.42. The SMILES string of the molecule is CCCCCCCCCCCCCCCCCCCCC(=O)OC(COCCCCCCCCCCCCCCC)COP(=O)(O)OCC(O)CO. The van der Waals surface area contributed by atoms with Crippen LogP contribution in [0.2, 0.25) is 0 Å². The summed E-state index contributed by atoms with van der Waals surface area (Å²) in [6, 6.07) is 0. The van der Waals surface area contributed by atoms with Crippen LogP contribution in [0.5, 0.6) is 0 Å². The third kappa shape index (κ3) is 39.2. The molecule has 0 bridgehead atoms. The van der Waals surface area contributed by atoms with Gasteiger partial charge in [-0.1, -0.05) is 200 Å². The standard InChI is InChI=1S/C42H85O9P/c1-3-5-7-9-11-13-15-17-18-19-20-21-22-24-26-28-30-32-34-42(45)51-41(39-50-52(46,47)49-37-40(44)36-43)38-48-35-33-31-29-27-25-23-16-14-12-10-8-6-4-2/h40-41,43-44H,3-39H2,1-2H3,(H,46,47). The van der Waals surface area contributed by atoms with Gasteiger partial charge in [-0.25, -0.2) is 4.57 Å². The molecular weight excluding hydrogens is 679 g/mol. The van der Waals surface area contributed by atoms with E-state index in [2.05, 4.69) is 13.8 Å². The first-order chi connectivity index (χ1) is 25.3. The average Bonchev–Trinajstić information content (AvgIpc) is 3.13. The number of rotatable bonds is 43. The Labute approximate surface area is 320 Å². The Morgan fingerprint density at radius 3 is 1.25 bits per heavy atom. The lowest BCUT2D eigenvalue weighted by Crippen LogP contribution is -2.29. The predicted octanol–water partition coefficient (Wildman–Crippen LogP) is 11.9. The molecule has 0 amide bonds. The van der Waals surface area contributed by atoms with Crippen LogP contribution in [0.25, 0.3) is 0 Å². The minimum Gasteiger partial charge on any atom is -0.457 e. The first kappa shape index (κ1) is 51.5. The van der Waals surface area contributed by atoms with E-state index in [1.165, 1.54) is 167 Å². The second kappa shape index (κ2) is 40.1. The molecule has 0 radical (unpaired) electrons. The fourth-order valence-corrected chi connectivity index (χ4v) is 7.21. The number of aliphatic hydroxyl groups excluding tert-OH is 2. The molecule has 3 unspecified atom stereocenters. The van der Waals surface area contributed by atoms with Gasteiger partial charge in [-0.05, 0) is 12.8 Å². The van der Waals surface area contributed by atoms with Gasteiger partial charge in [0.1, 0.15) is 12.2 Å². The number of esters is 1. The number of phosphoric acid groups is 1. The fraction of sp³-hybridized carbons (Fsp3) is 0.976. The molecule has 3 N–H and O–H groups in total. The first-order valence-electron chi connectivity index (χ1n) is 22.0. The summed E-state index contributed by atoms with van der Waals surface area (Å²) in [5.41, 5.74) is 0. The Morgan fingerprint density at radius 1 is 0.519 bits per heavy atom. The monoisotopic (exact) mass is 765 g/mol. The maximum absolute atomic E-state index is 12.6. The van der Waals surface area contributed by atoms with Gasteiger partial charge >= 0.3 is 13.8 Å². The maximum atomic E-state index is 12.6. The van der Waals surface area contributed by atoms with Gasteiger partial charge in [0.25, 0.3) is 0 Å². The highest BCUT2D eigenvalue weighted by Gasteiger charge is 2.26. The van der Waals surface area contributed by atoms with E-state index < -0.39 is 33.2 Å². The van der Waals surface area contributed by atoms with Gasteiger partial charge in [0.15, 0.2) is 0 Å². The van der Waals surface area contributed by atoms with Gasteiger partial charge in [0.05, 0.1) is 26.4 Å². The lowest BCUT2D eigenvalue weighted by atomic mass is 10.0. The average molecular weight is 765 g/mol. The Bertz CT molecular complexity index is 785. The molecule has 0 aromatic heterocycles. The van der Waals surface area contributed by atoms with Crippen LogP contribution in [0.15, 0.2) is 0 Å². The number of phosphoric ester groups is 1. The van der Waals surface area contributed by atoms with Gasteiger partial charge in [-0.3, -0.25) is 13.8 Å². The summed E-state index contributed by atoms with van der Waals surface area (Å²) < 4.78 is 33.4. The number of ether oxygens (including phenoxy) is 2. The van der Waals surface area contributed by atoms with E-state index in [0.717, 1.165) is 32.1 Å². The highest BCUT2D eigenvalue weighted by Crippen LogP contribution is 2.43. The number of aliphatic hydroxyl groups is 2. The van der Waals surface area contributed by atoms with Crippen LogP contribution in [0.4, 0.5) is 0 Å². The summed E-state index contributed by atoms with van der Waals surface area (Å²) in [6.45, 7) is 3.57. The van der Waals surface area contributed by atoms with Crippen molar-refractivity contribution in [1.82, 2.24) is 0 Å². The molecular formula is C42H85O9P. The highest BCUT2D eigenvalue weighted by molar-refractivity contribution is 7.47. The first-order valence-corrected chi connectivity index (χ1v) is 23.5. The van der Waals surface area contributed by atoms with Crippen LogP contribution < -0.4 is 0 Å². The molecule has 0 aliphatic rings. The molecule has 0 heterocycles.